The second-order valence-corrected chi connectivity index (χ2v) is 16.5. The fourth-order valence-electron chi connectivity index (χ4n) is 6.96. The molecule has 13 nitrogen and oxygen atoms in total. The van der Waals surface area contributed by atoms with Crippen LogP contribution in [0.2, 0.25) is 0 Å². The maximum Gasteiger partial charge on any atom is 0.326 e. The number of aromatic nitrogens is 2. The van der Waals surface area contributed by atoms with Gasteiger partial charge in [-0.3, -0.25) is 14.3 Å². The van der Waals surface area contributed by atoms with Crippen LogP contribution in [-0.4, -0.2) is 107 Å². The third-order valence-corrected chi connectivity index (χ3v) is 10.3. The Hall–Kier alpha value is -2.02. The lowest BCUT2D eigenvalue weighted by molar-refractivity contribution is -0.128. The van der Waals surface area contributed by atoms with Gasteiger partial charge in [0, 0.05) is 50.4 Å². The zero-order chi connectivity index (χ0) is 33.2. The molecule has 46 heavy (non-hydrogen) atoms. The van der Waals surface area contributed by atoms with Gasteiger partial charge in [0.05, 0.1) is 6.16 Å². The highest BCUT2D eigenvalue weighted by atomic mass is 31.2. The summed E-state index contributed by atoms with van der Waals surface area (Å²) >= 11 is 0. The predicted molar refractivity (Wildman–Crippen MR) is 185 cm³/mol. The number of nitrogens with zero attached hydrogens (tertiary/aromatic N) is 4. The van der Waals surface area contributed by atoms with Gasteiger partial charge >= 0.3 is 7.60 Å². The van der Waals surface area contributed by atoms with Crippen LogP contribution in [0.1, 0.15) is 85.0 Å². The molecule has 262 valence electrons. The average molecular weight is 666 g/mol. The lowest BCUT2D eigenvalue weighted by Crippen LogP contribution is -2.61. The molecule has 0 radical (unpaired) electrons. The van der Waals surface area contributed by atoms with Crippen LogP contribution in [0, 0.1) is 11.8 Å². The highest BCUT2D eigenvalue weighted by Crippen LogP contribution is 2.34. The van der Waals surface area contributed by atoms with E-state index in [2.05, 4.69) is 26.3 Å². The van der Waals surface area contributed by atoms with Crippen LogP contribution < -0.4 is 31.9 Å². The Balaban J connectivity index is 1.21. The van der Waals surface area contributed by atoms with E-state index in [1.807, 2.05) is 30.6 Å². The zero-order valence-electron chi connectivity index (χ0n) is 28.3. The van der Waals surface area contributed by atoms with Gasteiger partial charge in [-0.1, -0.05) is 19.3 Å². The summed E-state index contributed by atoms with van der Waals surface area (Å²) in [5.74, 6) is 2.60. The first-order valence-corrected chi connectivity index (χ1v) is 19.3. The molecule has 1 aromatic heterocycles. The maximum atomic E-state index is 13.3. The highest BCUT2D eigenvalue weighted by Gasteiger charge is 2.35. The Bertz CT molecular complexity index is 1130. The van der Waals surface area contributed by atoms with Gasteiger partial charge in [-0.15, -0.1) is 0 Å². The smallest absolute Gasteiger partial charge is 0.326 e. The fraction of sp³-hybridized carbons (Fsp3) is 0.844. The topological polar surface area (TPSA) is 181 Å². The molecule has 2 saturated carbocycles. The molecule has 3 fully saturated rings. The molecular formula is C32H60N9O4P. The van der Waals surface area contributed by atoms with Crippen LogP contribution in [0.3, 0.4) is 0 Å². The Morgan fingerprint density at radius 2 is 1.70 bits per heavy atom. The van der Waals surface area contributed by atoms with Crippen molar-refractivity contribution in [2.45, 2.75) is 103 Å². The van der Waals surface area contributed by atoms with Gasteiger partial charge in [0.2, 0.25) is 11.9 Å². The summed E-state index contributed by atoms with van der Waals surface area (Å²) in [5.41, 5.74) is 5.76. The lowest BCUT2D eigenvalue weighted by Gasteiger charge is -2.42. The van der Waals surface area contributed by atoms with Crippen LogP contribution in [0.5, 0.6) is 0 Å². The van der Waals surface area contributed by atoms with E-state index in [0.29, 0.717) is 43.1 Å². The summed E-state index contributed by atoms with van der Waals surface area (Å²) < 4.78 is 11.6. The number of hydrogen-bond donors (Lipinski definition) is 7. The predicted octanol–water partition coefficient (Wildman–Crippen LogP) is 2.76. The molecule has 1 atom stereocenters. The number of hydrogen-bond acceptors (Lipinski definition) is 10. The number of piperazine rings is 1. The van der Waals surface area contributed by atoms with Gasteiger partial charge in [0.25, 0.3) is 0 Å². The third kappa shape index (κ3) is 12.9. The van der Waals surface area contributed by atoms with E-state index >= 15 is 0 Å². The molecule has 4 rings (SSSR count). The molecule has 0 bridgehead atoms. The lowest BCUT2D eigenvalue weighted by atomic mass is 9.82. The monoisotopic (exact) mass is 665 g/mol. The van der Waals surface area contributed by atoms with Crippen molar-refractivity contribution < 1.29 is 19.1 Å². The number of carbonyl (C=O) groups excluding carboxylic acids is 1. The first-order chi connectivity index (χ1) is 21.8. The second kappa shape index (κ2) is 17.4. The molecule has 14 heteroatoms. The Kier molecular flexibility index (Phi) is 13.9. The summed E-state index contributed by atoms with van der Waals surface area (Å²) in [6.45, 7) is 11.3. The third-order valence-electron chi connectivity index (χ3n) is 9.54. The zero-order valence-corrected chi connectivity index (χ0v) is 29.2. The number of carbonyl (C=O) groups is 1. The van der Waals surface area contributed by atoms with Crippen molar-refractivity contribution in [1.82, 2.24) is 30.8 Å². The van der Waals surface area contributed by atoms with E-state index < -0.39 is 19.2 Å². The molecule has 2 heterocycles. The average Bonchev–Trinajstić information content (AvgIpc) is 3.00. The van der Waals surface area contributed by atoms with Crippen molar-refractivity contribution in [3.63, 3.8) is 0 Å². The Labute approximate surface area is 275 Å². The van der Waals surface area contributed by atoms with Gasteiger partial charge in [0.1, 0.15) is 17.7 Å². The number of nitrogens with one attached hydrogen (secondary N) is 4. The van der Waals surface area contributed by atoms with E-state index in [1.54, 1.807) is 6.07 Å². The second-order valence-electron chi connectivity index (χ2n) is 14.7. The van der Waals surface area contributed by atoms with Gasteiger partial charge < -0.3 is 41.7 Å². The number of anilines is 3. The first kappa shape index (κ1) is 36.8. The fourth-order valence-corrected chi connectivity index (χ4v) is 7.48. The minimum absolute atomic E-state index is 0.134. The van der Waals surface area contributed by atoms with Crippen molar-refractivity contribution in [1.29, 1.82) is 0 Å². The van der Waals surface area contributed by atoms with Crippen LogP contribution in [0.15, 0.2) is 6.07 Å². The molecule has 1 amide bonds. The Morgan fingerprint density at radius 1 is 1.00 bits per heavy atom. The quantitative estimate of drug-likeness (QED) is 0.108. The SMILES string of the molecule is CC(C)(C)NC(=O)C1CN(c2cc(N)nc(NCC3CCC(CNCCCNC4CCCCC4)CC3)n2)CCN1CCP(=O)(O)O. The summed E-state index contributed by atoms with van der Waals surface area (Å²) in [5, 5.41) is 13.9. The van der Waals surface area contributed by atoms with E-state index in [9.17, 15) is 19.1 Å². The van der Waals surface area contributed by atoms with Crippen molar-refractivity contribution in [3.8, 4) is 0 Å². The molecule has 1 unspecified atom stereocenters. The minimum Gasteiger partial charge on any atom is -0.383 e. The molecule has 1 aliphatic heterocycles. The van der Waals surface area contributed by atoms with Gasteiger partial charge in [0.15, 0.2) is 0 Å². The van der Waals surface area contributed by atoms with Gasteiger partial charge in [-0.2, -0.15) is 9.97 Å². The van der Waals surface area contributed by atoms with Gasteiger partial charge in [-0.25, -0.2) is 0 Å². The molecule has 0 spiro atoms. The largest absolute Gasteiger partial charge is 0.383 e. The summed E-state index contributed by atoms with van der Waals surface area (Å²) in [7, 11) is -4.19. The number of amides is 1. The van der Waals surface area contributed by atoms with Crippen molar-refractivity contribution in [3.05, 3.63) is 6.07 Å². The van der Waals surface area contributed by atoms with E-state index in [0.717, 1.165) is 38.1 Å². The van der Waals surface area contributed by atoms with Crippen molar-refractivity contribution in [2.75, 3.05) is 74.5 Å². The first-order valence-electron chi connectivity index (χ1n) is 17.5. The molecule has 3 aliphatic rings. The minimum atomic E-state index is -4.19. The molecule has 0 aromatic carbocycles. The van der Waals surface area contributed by atoms with Gasteiger partial charge in [-0.05, 0) is 97.2 Å². The van der Waals surface area contributed by atoms with Crippen LogP contribution >= 0.6 is 7.60 Å². The maximum absolute atomic E-state index is 13.3. The van der Waals surface area contributed by atoms with Crippen LogP contribution in [0.25, 0.3) is 0 Å². The molecular weight excluding hydrogens is 605 g/mol. The van der Waals surface area contributed by atoms with Crippen LogP contribution in [-0.2, 0) is 9.36 Å². The number of nitrogens with two attached hydrogens (primary N) is 1. The molecule has 2 aliphatic carbocycles. The highest BCUT2D eigenvalue weighted by molar-refractivity contribution is 7.51. The Morgan fingerprint density at radius 3 is 2.37 bits per heavy atom. The van der Waals surface area contributed by atoms with Crippen molar-refractivity contribution >= 4 is 31.1 Å². The summed E-state index contributed by atoms with van der Waals surface area (Å²) in [6.07, 6.45) is 12.6. The molecule has 1 aromatic rings. The molecule has 8 N–H and O–H groups in total. The normalized spacial score (nSPS) is 23.8. The van der Waals surface area contributed by atoms with Crippen LogP contribution in [0.4, 0.5) is 17.6 Å². The summed E-state index contributed by atoms with van der Waals surface area (Å²) in [4.78, 5) is 45.2. The standard InChI is InChI=1S/C32H60N9O4P/c1-32(2,3)39-30(42)27-23-41(17-16-40(27)18-19-46(43,44)45)29-20-28(33)37-31(38-29)36-22-25-12-10-24(11-13-25)21-34-14-7-15-35-26-8-5-4-6-9-26/h20,24-27,34-35H,4-19,21-23H2,1-3H3,(H,39,42)(H2,43,44,45)(H3,33,36,37,38). The summed E-state index contributed by atoms with van der Waals surface area (Å²) in [6, 6.07) is 1.88. The van der Waals surface area contributed by atoms with E-state index in [1.165, 1.54) is 64.2 Å². The molecule has 1 saturated heterocycles. The van der Waals surface area contributed by atoms with E-state index in [-0.39, 0.29) is 18.6 Å². The van der Waals surface area contributed by atoms with Crippen molar-refractivity contribution in [2.24, 2.45) is 11.8 Å². The van der Waals surface area contributed by atoms with E-state index in [4.69, 9.17) is 10.7 Å². The number of nitrogen functional groups attached to an aromatic ring is 1. The number of rotatable bonds is 15.